The van der Waals surface area contributed by atoms with Crippen LogP contribution in [0.15, 0.2) is 0 Å². The Morgan fingerprint density at radius 3 is 2.69 bits per heavy atom. The van der Waals surface area contributed by atoms with Crippen molar-refractivity contribution >= 4 is 11.1 Å². The second-order valence-electron chi connectivity index (χ2n) is 3.35. The van der Waals surface area contributed by atoms with Gasteiger partial charge < -0.3 is 14.1 Å². The third-order valence-electron chi connectivity index (χ3n) is 2.13. The van der Waals surface area contributed by atoms with E-state index in [1.54, 1.807) is 0 Å². The van der Waals surface area contributed by atoms with Gasteiger partial charge in [0.25, 0.3) is 5.09 Å². The van der Waals surface area contributed by atoms with Crippen LogP contribution in [0.4, 0.5) is 0 Å². The molecule has 0 aromatic carbocycles. The summed E-state index contributed by atoms with van der Waals surface area (Å²) in [5.41, 5.74) is 0. The summed E-state index contributed by atoms with van der Waals surface area (Å²) in [6.45, 7) is 2.68. The largest absolute Gasteiger partial charge is 0.379 e. The van der Waals surface area contributed by atoms with Gasteiger partial charge in [-0.2, -0.15) is 0 Å². The minimum absolute atomic E-state index is 0.261. The number of morpholine rings is 1. The van der Waals surface area contributed by atoms with Crippen molar-refractivity contribution in [3.05, 3.63) is 10.1 Å². The first kappa shape index (κ1) is 13.3. The van der Waals surface area contributed by atoms with Crippen LogP contribution in [0.5, 0.6) is 0 Å². The first-order valence-electron chi connectivity index (χ1n) is 4.76. The van der Waals surface area contributed by atoms with Gasteiger partial charge >= 0.3 is 0 Å². The van der Waals surface area contributed by atoms with Crippen LogP contribution < -0.4 is 0 Å². The molecule has 0 bridgehead atoms. The summed E-state index contributed by atoms with van der Waals surface area (Å²) >= 11 is -2.10. The molecule has 1 saturated heterocycles. The van der Waals surface area contributed by atoms with Crippen molar-refractivity contribution in [3.8, 4) is 0 Å². The third-order valence-corrected chi connectivity index (χ3v) is 2.79. The molecular formula is C7H14N2O6S. The van der Waals surface area contributed by atoms with Gasteiger partial charge in [0.2, 0.25) is 0 Å². The predicted molar refractivity (Wildman–Crippen MR) is 54.8 cm³/mol. The van der Waals surface area contributed by atoms with E-state index in [2.05, 4.69) is 4.84 Å². The maximum absolute atomic E-state index is 10.6. The van der Waals surface area contributed by atoms with Crippen molar-refractivity contribution < 1.29 is 23.4 Å². The minimum atomic E-state index is -2.10. The van der Waals surface area contributed by atoms with Crippen LogP contribution in [0.25, 0.3) is 0 Å². The lowest BCUT2D eigenvalue weighted by molar-refractivity contribution is -0.767. The highest BCUT2D eigenvalue weighted by Crippen LogP contribution is 2.03. The van der Waals surface area contributed by atoms with E-state index in [1.807, 2.05) is 4.90 Å². The zero-order valence-corrected chi connectivity index (χ0v) is 9.43. The highest BCUT2D eigenvalue weighted by Gasteiger charge is 2.21. The molecule has 2 atom stereocenters. The lowest BCUT2D eigenvalue weighted by Gasteiger charge is -2.28. The zero-order chi connectivity index (χ0) is 12.0. The summed E-state index contributed by atoms with van der Waals surface area (Å²) in [5.74, 6) is -0.266. The fourth-order valence-corrected chi connectivity index (χ4v) is 1.95. The van der Waals surface area contributed by atoms with Crippen molar-refractivity contribution in [1.82, 2.24) is 4.90 Å². The van der Waals surface area contributed by atoms with E-state index in [-0.39, 0.29) is 12.3 Å². The fraction of sp³-hybridized carbons (Fsp3) is 1.00. The van der Waals surface area contributed by atoms with Crippen LogP contribution >= 0.6 is 0 Å². The van der Waals surface area contributed by atoms with Gasteiger partial charge in [0.05, 0.1) is 19.0 Å². The molecule has 1 N–H and O–H groups in total. The monoisotopic (exact) mass is 254 g/mol. The Morgan fingerprint density at radius 2 is 2.19 bits per heavy atom. The summed E-state index contributed by atoms with van der Waals surface area (Å²) in [6, 6.07) is 0. The maximum atomic E-state index is 10.6. The molecule has 0 aliphatic carbocycles. The van der Waals surface area contributed by atoms with E-state index in [0.717, 1.165) is 0 Å². The minimum Gasteiger partial charge on any atom is -0.379 e. The topological polar surface area (TPSA) is 102 Å². The third kappa shape index (κ3) is 5.35. The number of hydrogen-bond donors (Lipinski definition) is 1. The van der Waals surface area contributed by atoms with Crippen LogP contribution in [0, 0.1) is 10.1 Å². The van der Waals surface area contributed by atoms with Crippen molar-refractivity contribution in [2.45, 2.75) is 6.10 Å². The quantitative estimate of drug-likeness (QED) is 0.373. The molecule has 8 nitrogen and oxygen atoms in total. The van der Waals surface area contributed by atoms with Gasteiger partial charge in [-0.3, -0.25) is 4.90 Å². The Kier molecular flexibility index (Phi) is 5.60. The Morgan fingerprint density at radius 1 is 1.56 bits per heavy atom. The molecule has 1 aliphatic heterocycles. The lowest BCUT2D eigenvalue weighted by atomic mass is 10.3. The summed E-state index contributed by atoms with van der Waals surface area (Å²) in [7, 11) is 0. The Bertz CT molecular complexity index is 241. The van der Waals surface area contributed by atoms with E-state index in [4.69, 9.17) is 9.29 Å². The van der Waals surface area contributed by atoms with Crippen LogP contribution in [0.3, 0.4) is 0 Å². The van der Waals surface area contributed by atoms with Gasteiger partial charge in [0.15, 0.2) is 11.1 Å². The molecular weight excluding hydrogens is 240 g/mol. The SMILES string of the molecule is O=[N+]([O-])OC(CN1CCOCC1)CS(=O)O. The van der Waals surface area contributed by atoms with E-state index in [9.17, 15) is 14.3 Å². The molecule has 0 aromatic rings. The van der Waals surface area contributed by atoms with E-state index >= 15 is 0 Å². The zero-order valence-electron chi connectivity index (χ0n) is 8.61. The van der Waals surface area contributed by atoms with Crippen LogP contribution in [-0.2, 0) is 20.7 Å². The fourth-order valence-electron chi connectivity index (χ4n) is 1.47. The molecule has 1 heterocycles. The Hall–Kier alpha value is -0.770. The smallest absolute Gasteiger partial charge is 0.294 e. The molecule has 16 heavy (non-hydrogen) atoms. The van der Waals surface area contributed by atoms with Gasteiger partial charge in [-0.15, -0.1) is 10.1 Å². The van der Waals surface area contributed by atoms with E-state index in [0.29, 0.717) is 26.3 Å². The van der Waals surface area contributed by atoms with E-state index in [1.165, 1.54) is 0 Å². The van der Waals surface area contributed by atoms with Gasteiger partial charge in [0.1, 0.15) is 6.10 Å². The first-order chi connectivity index (χ1) is 7.58. The van der Waals surface area contributed by atoms with Crippen LogP contribution in [0.2, 0.25) is 0 Å². The van der Waals surface area contributed by atoms with Crippen molar-refractivity contribution in [1.29, 1.82) is 0 Å². The number of hydrogen-bond acceptors (Lipinski definition) is 6. The van der Waals surface area contributed by atoms with Gasteiger partial charge in [-0.1, -0.05) is 0 Å². The normalized spacial score (nSPS) is 21.3. The van der Waals surface area contributed by atoms with Crippen molar-refractivity contribution in [2.75, 3.05) is 38.6 Å². The molecule has 1 rings (SSSR count). The predicted octanol–water partition coefficient (Wildman–Crippen LogP) is -0.883. The van der Waals surface area contributed by atoms with Crippen molar-refractivity contribution in [3.63, 3.8) is 0 Å². The van der Waals surface area contributed by atoms with Crippen LogP contribution in [-0.4, -0.2) is 63.5 Å². The molecule has 0 saturated carbocycles. The molecule has 1 aliphatic rings. The molecule has 94 valence electrons. The lowest BCUT2D eigenvalue weighted by Crippen LogP contribution is -2.43. The van der Waals surface area contributed by atoms with Crippen LogP contribution in [0.1, 0.15) is 0 Å². The molecule has 0 aromatic heterocycles. The molecule has 2 unspecified atom stereocenters. The molecule has 1 fully saturated rings. The van der Waals surface area contributed by atoms with Gasteiger partial charge in [0, 0.05) is 19.6 Å². The number of rotatable bonds is 6. The average Bonchev–Trinajstić information content (AvgIpc) is 2.16. The molecule has 0 amide bonds. The molecule has 0 radical (unpaired) electrons. The number of ether oxygens (including phenoxy) is 1. The summed E-state index contributed by atoms with van der Waals surface area (Å²) in [6.07, 6.45) is -0.876. The standard InChI is InChI=1S/C7H14N2O6S/c10-9(11)15-7(6-16(12)13)5-8-1-3-14-4-2-8/h7H,1-6H2,(H,12,13). The maximum Gasteiger partial charge on any atom is 0.294 e. The second-order valence-corrected chi connectivity index (χ2v) is 4.33. The Labute approximate surface area is 94.9 Å². The highest BCUT2D eigenvalue weighted by molar-refractivity contribution is 7.79. The second kappa shape index (κ2) is 6.74. The average molecular weight is 254 g/mol. The van der Waals surface area contributed by atoms with Crippen molar-refractivity contribution in [2.24, 2.45) is 0 Å². The first-order valence-corrected chi connectivity index (χ1v) is 6.04. The van der Waals surface area contributed by atoms with Gasteiger partial charge in [-0.05, 0) is 0 Å². The number of nitrogens with zero attached hydrogens (tertiary/aromatic N) is 2. The summed E-state index contributed by atoms with van der Waals surface area (Å²) in [4.78, 5) is 16.5. The van der Waals surface area contributed by atoms with Gasteiger partial charge in [-0.25, -0.2) is 4.21 Å². The molecule has 9 heteroatoms. The van der Waals surface area contributed by atoms with E-state index < -0.39 is 22.3 Å². The summed E-state index contributed by atoms with van der Waals surface area (Å²) < 4.78 is 24.4. The Balaban J connectivity index is 2.40. The highest BCUT2D eigenvalue weighted by atomic mass is 32.2. The summed E-state index contributed by atoms with van der Waals surface area (Å²) in [5, 5.41) is 9.26. The molecule has 0 spiro atoms.